The second-order valence-electron chi connectivity index (χ2n) is 6.40. The first kappa shape index (κ1) is 26.5. The number of piperazine rings is 1. The average Bonchev–Trinajstić information content (AvgIpc) is 2.74. The third-order valence-corrected chi connectivity index (χ3v) is 6.11. The van der Waals surface area contributed by atoms with Crippen LogP contribution >= 0.6 is 0 Å². The largest absolute Gasteiger partial charge is 0.473 e. The number of aliphatic hydroxyl groups excluding tert-OH is 2. The molecule has 4 N–H and O–H groups in total. The van der Waals surface area contributed by atoms with Crippen molar-refractivity contribution in [2.45, 2.75) is 17.9 Å². The van der Waals surface area contributed by atoms with E-state index < -0.39 is 34.0 Å². The van der Waals surface area contributed by atoms with E-state index in [1.54, 1.807) is 6.92 Å². The van der Waals surface area contributed by atoms with Gasteiger partial charge in [0.05, 0.1) is 29.8 Å². The molecule has 31 heavy (non-hydrogen) atoms. The third-order valence-electron chi connectivity index (χ3n) is 4.20. The van der Waals surface area contributed by atoms with Gasteiger partial charge in [0.1, 0.15) is 0 Å². The van der Waals surface area contributed by atoms with E-state index in [4.69, 9.17) is 29.6 Å². The van der Waals surface area contributed by atoms with Crippen LogP contribution in [-0.2, 0) is 24.3 Å². The van der Waals surface area contributed by atoms with Gasteiger partial charge >= 0.3 is 17.9 Å². The summed E-state index contributed by atoms with van der Waals surface area (Å²) in [6, 6.07) is 5.70. The Bertz CT molecular complexity index is 837. The van der Waals surface area contributed by atoms with Gasteiger partial charge in [0.25, 0.3) is 0 Å². The molecule has 1 aromatic carbocycles. The maximum absolute atomic E-state index is 12.7. The number of esters is 1. The zero-order valence-corrected chi connectivity index (χ0v) is 17.7. The van der Waals surface area contributed by atoms with Crippen molar-refractivity contribution in [2.24, 2.45) is 0 Å². The SMILES string of the molecule is CCOC(=O)c1ccc(S(=O)(=O)N2CCN(CC(O)CO)CC2)cc1.O=C(O)C(=O)O. The van der Waals surface area contributed by atoms with Crippen molar-refractivity contribution in [3.05, 3.63) is 29.8 Å². The minimum absolute atomic E-state index is 0.129. The number of β-amino-alcohol motifs (C(OH)–C–C–N with tert-alkyl or cyclic N) is 1. The van der Waals surface area contributed by atoms with Gasteiger partial charge in [-0.1, -0.05) is 0 Å². The van der Waals surface area contributed by atoms with E-state index in [0.717, 1.165) is 0 Å². The van der Waals surface area contributed by atoms with E-state index in [0.29, 0.717) is 38.3 Å². The van der Waals surface area contributed by atoms with Crippen LogP contribution in [0, 0.1) is 0 Å². The quantitative estimate of drug-likeness (QED) is 0.278. The summed E-state index contributed by atoms with van der Waals surface area (Å²) < 4.78 is 31.6. The van der Waals surface area contributed by atoms with E-state index in [-0.39, 0.29) is 18.1 Å². The summed E-state index contributed by atoms with van der Waals surface area (Å²) >= 11 is 0. The van der Waals surface area contributed by atoms with Crippen LogP contribution in [0.3, 0.4) is 0 Å². The molecule has 0 amide bonds. The molecule has 1 aromatic rings. The number of carbonyl (C=O) groups excluding carboxylic acids is 1. The van der Waals surface area contributed by atoms with Gasteiger partial charge in [0.2, 0.25) is 10.0 Å². The van der Waals surface area contributed by atoms with Gasteiger partial charge in [-0.05, 0) is 31.2 Å². The van der Waals surface area contributed by atoms with Crippen molar-refractivity contribution in [3.8, 4) is 0 Å². The van der Waals surface area contributed by atoms with E-state index in [1.165, 1.54) is 28.6 Å². The maximum atomic E-state index is 12.7. The zero-order valence-electron chi connectivity index (χ0n) is 16.9. The minimum Gasteiger partial charge on any atom is -0.473 e. The van der Waals surface area contributed by atoms with Crippen LogP contribution in [0.2, 0.25) is 0 Å². The van der Waals surface area contributed by atoms with Crippen LogP contribution in [0.1, 0.15) is 17.3 Å². The second-order valence-corrected chi connectivity index (χ2v) is 8.33. The molecule has 0 aromatic heterocycles. The van der Waals surface area contributed by atoms with Crippen molar-refractivity contribution in [3.63, 3.8) is 0 Å². The highest BCUT2D eigenvalue weighted by molar-refractivity contribution is 7.89. The fourth-order valence-corrected chi connectivity index (χ4v) is 4.06. The first-order valence-corrected chi connectivity index (χ1v) is 10.7. The van der Waals surface area contributed by atoms with Gasteiger partial charge < -0.3 is 25.2 Å². The molecule has 0 radical (unpaired) electrons. The topological polar surface area (TPSA) is 182 Å². The first-order chi connectivity index (χ1) is 14.5. The Balaban J connectivity index is 0.000000703. The van der Waals surface area contributed by atoms with Gasteiger partial charge in [0.15, 0.2) is 0 Å². The lowest BCUT2D eigenvalue weighted by Crippen LogP contribution is -2.50. The van der Waals surface area contributed by atoms with Crippen LogP contribution in [0.5, 0.6) is 0 Å². The summed E-state index contributed by atoms with van der Waals surface area (Å²) in [4.78, 5) is 31.9. The van der Waals surface area contributed by atoms with Gasteiger partial charge in [0, 0.05) is 32.7 Å². The lowest BCUT2D eigenvalue weighted by Gasteiger charge is -2.34. The molecule has 0 saturated carbocycles. The lowest BCUT2D eigenvalue weighted by molar-refractivity contribution is -0.159. The van der Waals surface area contributed by atoms with Crippen LogP contribution in [0.4, 0.5) is 0 Å². The number of aliphatic hydroxyl groups is 2. The molecule has 0 spiro atoms. The number of rotatable bonds is 7. The second kappa shape index (κ2) is 12.3. The molecule has 1 atom stereocenters. The predicted molar refractivity (Wildman–Crippen MR) is 106 cm³/mol. The summed E-state index contributed by atoms with van der Waals surface area (Å²) in [5.74, 6) is -4.13. The Kier molecular flexibility index (Phi) is 10.5. The van der Waals surface area contributed by atoms with Crippen molar-refractivity contribution >= 4 is 27.9 Å². The molecule has 1 aliphatic heterocycles. The molecule has 0 aliphatic carbocycles. The van der Waals surface area contributed by atoms with E-state index in [9.17, 15) is 18.3 Å². The molecule has 13 heteroatoms. The normalized spacial score (nSPS) is 16.0. The number of ether oxygens (including phenoxy) is 1. The van der Waals surface area contributed by atoms with Crippen molar-refractivity contribution in [1.82, 2.24) is 9.21 Å². The molecule has 12 nitrogen and oxygen atoms in total. The number of benzene rings is 1. The number of carboxylic acids is 2. The lowest BCUT2D eigenvalue weighted by atomic mass is 10.2. The van der Waals surface area contributed by atoms with Gasteiger partial charge in [-0.15, -0.1) is 0 Å². The molecule has 174 valence electrons. The van der Waals surface area contributed by atoms with E-state index in [1.807, 2.05) is 4.90 Å². The Morgan fingerprint density at radius 2 is 1.55 bits per heavy atom. The van der Waals surface area contributed by atoms with Gasteiger partial charge in [-0.25, -0.2) is 22.8 Å². The summed E-state index contributed by atoms with van der Waals surface area (Å²) in [5.41, 5.74) is 0.309. The van der Waals surface area contributed by atoms with Crippen molar-refractivity contribution in [1.29, 1.82) is 0 Å². The summed E-state index contributed by atoms with van der Waals surface area (Å²) in [7, 11) is -3.63. The number of sulfonamides is 1. The molecule has 1 saturated heterocycles. The first-order valence-electron chi connectivity index (χ1n) is 9.27. The average molecular weight is 462 g/mol. The molecule has 1 fully saturated rings. The fourth-order valence-electron chi connectivity index (χ4n) is 2.63. The van der Waals surface area contributed by atoms with Crippen molar-refractivity contribution in [2.75, 3.05) is 45.9 Å². The highest BCUT2D eigenvalue weighted by atomic mass is 32.2. The minimum atomic E-state index is -3.63. The van der Waals surface area contributed by atoms with Crippen LogP contribution in [0.15, 0.2) is 29.2 Å². The smallest absolute Gasteiger partial charge is 0.414 e. The molecule has 2 rings (SSSR count). The number of carbonyl (C=O) groups is 3. The van der Waals surface area contributed by atoms with Crippen LogP contribution in [0.25, 0.3) is 0 Å². The number of nitrogens with zero attached hydrogens (tertiary/aromatic N) is 2. The van der Waals surface area contributed by atoms with E-state index in [2.05, 4.69) is 0 Å². The van der Waals surface area contributed by atoms with E-state index >= 15 is 0 Å². The monoisotopic (exact) mass is 462 g/mol. The molecule has 1 aliphatic rings. The summed E-state index contributed by atoms with van der Waals surface area (Å²) in [5, 5.41) is 33.1. The van der Waals surface area contributed by atoms with Crippen LogP contribution in [-0.4, -0.2) is 108 Å². The standard InChI is InChI=1S/C16H24N2O6S.C2H2O4/c1-2-24-16(21)13-3-5-15(6-4-13)25(22,23)18-9-7-17(8-10-18)11-14(20)12-19;3-1(4)2(5)6/h3-6,14,19-20H,2,7-12H2,1H3;(H,3,4)(H,5,6). The predicted octanol–water partition coefficient (Wildman–Crippen LogP) is -1.32. The number of hydrogen-bond donors (Lipinski definition) is 4. The zero-order chi connectivity index (χ0) is 23.6. The number of hydrogen-bond acceptors (Lipinski definition) is 9. The summed E-state index contributed by atoms with van der Waals surface area (Å²) in [6.45, 7) is 3.54. The molecule has 0 bridgehead atoms. The number of carboxylic acid groups (broad SMARTS) is 2. The van der Waals surface area contributed by atoms with Crippen molar-refractivity contribution < 1.29 is 48.0 Å². The van der Waals surface area contributed by atoms with Crippen LogP contribution < -0.4 is 0 Å². The fraction of sp³-hybridized carbons (Fsp3) is 0.500. The Morgan fingerprint density at radius 1 is 1.03 bits per heavy atom. The Labute approximate surface area is 179 Å². The highest BCUT2D eigenvalue weighted by Gasteiger charge is 2.29. The molecule has 1 heterocycles. The third kappa shape index (κ3) is 8.22. The number of aliphatic carboxylic acids is 2. The van der Waals surface area contributed by atoms with Gasteiger partial charge in [-0.2, -0.15) is 4.31 Å². The highest BCUT2D eigenvalue weighted by Crippen LogP contribution is 2.18. The molecular formula is C18H26N2O10S. The summed E-state index contributed by atoms with van der Waals surface area (Å²) in [6.07, 6.45) is -0.821. The molecule has 1 unspecified atom stereocenters. The van der Waals surface area contributed by atoms with Gasteiger partial charge in [-0.3, -0.25) is 4.90 Å². The molecular weight excluding hydrogens is 436 g/mol. The maximum Gasteiger partial charge on any atom is 0.414 e. The Hall–Kier alpha value is -2.58. The Morgan fingerprint density at radius 3 is 1.97 bits per heavy atom.